The second kappa shape index (κ2) is 10.1. The molecule has 4 rings (SSSR count). The maximum absolute atomic E-state index is 12.7. The van der Waals surface area contributed by atoms with Crippen molar-refractivity contribution in [1.82, 2.24) is 19.8 Å². The molecule has 0 bridgehead atoms. The van der Waals surface area contributed by atoms with E-state index in [0.29, 0.717) is 33.7 Å². The van der Waals surface area contributed by atoms with Crippen LogP contribution in [0.4, 0.5) is 0 Å². The Labute approximate surface area is 207 Å². The number of likely N-dealkylation sites (N-methyl/N-ethyl adjacent to an activating group) is 1. The first kappa shape index (κ1) is 23.6. The summed E-state index contributed by atoms with van der Waals surface area (Å²) < 4.78 is 2.07. The van der Waals surface area contributed by atoms with Crippen molar-refractivity contribution in [3.05, 3.63) is 86.9 Å². The number of aromatic nitrogens is 2. The van der Waals surface area contributed by atoms with Gasteiger partial charge in [-0.2, -0.15) is 0 Å². The highest BCUT2D eigenvalue weighted by Crippen LogP contribution is 2.32. The topological polar surface area (TPSA) is 50.2 Å². The Kier molecular flexibility index (Phi) is 7.25. The molecule has 33 heavy (non-hydrogen) atoms. The molecule has 5 nitrogen and oxygen atoms in total. The number of rotatable bonds is 7. The third kappa shape index (κ3) is 5.50. The van der Waals surface area contributed by atoms with Gasteiger partial charge in [0.2, 0.25) is 0 Å². The van der Waals surface area contributed by atoms with E-state index in [1.165, 1.54) is 0 Å². The maximum Gasteiger partial charge on any atom is 0.251 e. The molecule has 4 aromatic rings. The van der Waals surface area contributed by atoms with Crippen LogP contribution in [0, 0.1) is 0 Å². The van der Waals surface area contributed by atoms with Crippen molar-refractivity contribution in [2.75, 3.05) is 27.2 Å². The van der Waals surface area contributed by atoms with E-state index >= 15 is 0 Å². The van der Waals surface area contributed by atoms with Crippen LogP contribution in [0.25, 0.3) is 22.4 Å². The molecule has 1 N–H and O–H groups in total. The minimum absolute atomic E-state index is 0.120. The molecule has 1 aromatic heterocycles. The molecule has 0 fully saturated rings. The molecule has 1 heterocycles. The fraction of sp³-hybridized carbons (Fsp3) is 0.200. The van der Waals surface area contributed by atoms with E-state index < -0.39 is 0 Å². The quantitative estimate of drug-likeness (QED) is 0.338. The summed E-state index contributed by atoms with van der Waals surface area (Å²) >= 11 is 18.7. The third-order valence-corrected chi connectivity index (χ3v) is 6.25. The van der Waals surface area contributed by atoms with E-state index in [9.17, 15) is 4.79 Å². The highest BCUT2D eigenvalue weighted by Gasteiger charge is 2.17. The molecule has 0 saturated heterocycles. The average molecular weight is 502 g/mol. The van der Waals surface area contributed by atoms with Crippen LogP contribution in [0.3, 0.4) is 0 Å². The lowest BCUT2D eigenvalue weighted by molar-refractivity contribution is 0.0951. The molecule has 3 aromatic carbocycles. The summed E-state index contributed by atoms with van der Waals surface area (Å²) in [5.41, 5.74) is 4.05. The van der Waals surface area contributed by atoms with Gasteiger partial charge in [0.05, 0.1) is 21.1 Å². The van der Waals surface area contributed by atoms with E-state index in [2.05, 4.69) is 9.88 Å². The van der Waals surface area contributed by atoms with Crippen LogP contribution in [-0.2, 0) is 6.54 Å². The number of halogens is 3. The molecule has 0 spiro atoms. The number of benzene rings is 3. The largest absolute Gasteiger partial charge is 0.351 e. The Bertz CT molecular complexity index is 1300. The molecule has 0 atom stereocenters. The van der Waals surface area contributed by atoms with E-state index in [-0.39, 0.29) is 5.91 Å². The average Bonchev–Trinajstić information content (AvgIpc) is 3.12. The number of hydrogen-bond donors (Lipinski definition) is 1. The zero-order valence-electron chi connectivity index (χ0n) is 18.3. The fourth-order valence-electron chi connectivity index (χ4n) is 3.57. The van der Waals surface area contributed by atoms with Crippen LogP contribution in [0.15, 0.2) is 60.7 Å². The highest BCUT2D eigenvalue weighted by atomic mass is 35.5. The molecule has 8 heteroatoms. The Hall–Kier alpha value is -2.57. The standard InChI is InChI=1S/C25H23Cl3N4O/c1-31(2)11-10-29-25(33)18-5-3-4-17(12-18)24-30-22-13-20(27)21(28)14-23(22)32(24)15-16-6-8-19(26)9-7-16/h3-9,12-14H,10-11,15H2,1-2H3,(H,29,33). The molecule has 0 saturated carbocycles. The van der Waals surface area contributed by atoms with Gasteiger partial charge in [-0.3, -0.25) is 4.79 Å². The van der Waals surface area contributed by atoms with Gasteiger partial charge in [0.25, 0.3) is 5.91 Å². The highest BCUT2D eigenvalue weighted by molar-refractivity contribution is 6.42. The number of nitrogens with zero attached hydrogens (tertiary/aromatic N) is 3. The minimum Gasteiger partial charge on any atom is -0.351 e. The normalized spacial score (nSPS) is 11.3. The summed E-state index contributed by atoms with van der Waals surface area (Å²) in [4.78, 5) is 19.5. The van der Waals surface area contributed by atoms with E-state index in [4.69, 9.17) is 39.8 Å². The van der Waals surface area contributed by atoms with Crippen molar-refractivity contribution in [2.45, 2.75) is 6.54 Å². The number of amides is 1. The summed E-state index contributed by atoms with van der Waals surface area (Å²) in [7, 11) is 3.94. The SMILES string of the molecule is CN(C)CCNC(=O)c1cccc(-c2nc3cc(Cl)c(Cl)cc3n2Cc2ccc(Cl)cc2)c1. The Morgan fingerprint density at radius 1 is 1.00 bits per heavy atom. The number of fused-ring (bicyclic) bond motifs is 1. The molecular weight excluding hydrogens is 479 g/mol. The summed E-state index contributed by atoms with van der Waals surface area (Å²) in [6, 6.07) is 18.7. The van der Waals surface area contributed by atoms with Crippen LogP contribution in [0.2, 0.25) is 15.1 Å². The van der Waals surface area contributed by atoms with Gasteiger partial charge in [0.15, 0.2) is 0 Å². The predicted molar refractivity (Wildman–Crippen MR) is 137 cm³/mol. The lowest BCUT2D eigenvalue weighted by Crippen LogP contribution is -2.31. The van der Waals surface area contributed by atoms with Crippen molar-refractivity contribution in [2.24, 2.45) is 0 Å². The van der Waals surface area contributed by atoms with Crippen LogP contribution in [0.1, 0.15) is 15.9 Å². The fourth-order valence-corrected chi connectivity index (χ4v) is 4.01. The number of nitrogens with one attached hydrogen (secondary N) is 1. The zero-order chi connectivity index (χ0) is 23.5. The van der Waals surface area contributed by atoms with Crippen molar-refractivity contribution in [3.8, 4) is 11.4 Å². The smallest absolute Gasteiger partial charge is 0.251 e. The number of hydrogen-bond acceptors (Lipinski definition) is 3. The summed E-state index contributed by atoms with van der Waals surface area (Å²) in [6.45, 7) is 1.90. The second-order valence-corrected chi connectivity index (χ2v) is 9.29. The van der Waals surface area contributed by atoms with Gasteiger partial charge < -0.3 is 14.8 Å². The first-order valence-corrected chi connectivity index (χ1v) is 11.6. The lowest BCUT2D eigenvalue weighted by atomic mass is 10.1. The first-order valence-electron chi connectivity index (χ1n) is 10.4. The van der Waals surface area contributed by atoms with Crippen LogP contribution >= 0.6 is 34.8 Å². The molecule has 0 aliphatic carbocycles. The monoisotopic (exact) mass is 500 g/mol. The van der Waals surface area contributed by atoms with Gasteiger partial charge in [-0.25, -0.2) is 4.98 Å². The van der Waals surface area contributed by atoms with Crippen molar-refractivity contribution < 1.29 is 4.79 Å². The van der Waals surface area contributed by atoms with Gasteiger partial charge >= 0.3 is 0 Å². The van der Waals surface area contributed by atoms with Crippen LogP contribution in [-0.4, -0.2) is 47.5 Å². The summed E-state index contributed by atoms with van der Waals surface area (Å²) in [6.07, 6.45) is 0. The molecule has 0 unspecified atom stereocenters. The van der Waals surface area contributed by atoms with Gasteiger partial charge in [-0.05, 0) is 56.1 Å². The molecule has 0 aliphatic rings. The zero-order valence-corrected chi connectivity index (χ0v) is 20.5. The Morgan fingerprint density at radius 3 is 2.45 bits per heavy atom. The minimum atomic E-state index is -0.120. The summed E-state index contributed by atoms with van der Waals surface area (Å²) in [5.74, 6) is 0.603. The van der Waals surface area contributed by atoms with E-state index in [1.54, 1.807) is 12.1 Å². The Morgan fingerprint density at radius 2 is 1.73 bits per heavy atom. The molecule has 170 valence electrons. The third-order valence-electron chi connectivity index (χ3n) is 5.27. The van der Waals surface area contributed by atoms with Crippen molar-refractivity contribution >= 4 is 51.7 Å². The molecular formula is C25H23Cl3N4O. The van der Waals surface area contributed by atoms with Crippen molar-refractivity contribution in [1.29, 1.82) is 0 Å². The van der Waals surface area contributed by atoms with E-state index in [1.807, 2.05) is 67.5 Å². The van der Waals surface area contributed by atoms with Crippen LogP contribution in [0.5, 0.6) is 0 Å². The van der Waals surface area contributed by atoms with Gasteiger partial charge in [-0.15, -0.1) is 0 Å². The number of carbonyl (C=O) groups is 1. The number of carbonyl (C=O) groups excluding carboxylic acids is 1. The second-order valence-electron chi connectivity index (χ2n) is 8.04. The number of imidazole rings is 1. The Balaban J connectivity index is 1.75. The molecule has 0 aliphatic heterocycles. The lowest BCUT2D eigenvalue weighted by Gasteiger charge is -2.12. The van der Waals surface area contributed by atoms with Gasteiger partial charge in [-0.1, -0.05) is 59.1 Å². The van der Waals surface area contributed by atoms with Gasteiger partial charge in [0.1, 0.15) is 5.82 Å². The van der Waals surface area contributed by atoms with E-state index in [0.717, 1.165) is 34.5 Å². The maximum atomic E-state index is 12.7. The molecule has 0 radical (unpaired) electrons. The summed E-state index contributed by atoms with van der Waals surface area (Å²) in [5, 5.41) is 4.54. The molecule has 1 amide bonds. The van der Waals surface area contributed by atoms with Crippen LogP contribution < -0.4 is 5.32 Å². The first-order chi connectivity index (χ1) is 15.8. The van der Waals surface area contributed by atoms with Gasteiger partial charge in [0, 0.05) is 35.8 Å². The van der Waals surface area contributed by atoms with Crippen molar-refractivity contribution in [3.63, 3.8) is 0 Å². The predicted octanol–water partition coefficient (Wildman–Crippen LogP) is 6.00.